The highest BCUT2D eigenvalue weighted by Gasteiger charge is 2.14. The van der Waals surface area contributed by atoms with Gasteiger partial charge in [-0.25, -0.2) is 4.98 Å². The Morgan fingerprint density at radius 2 is 2.18 bits per heavy atom. The zero-order valence-corrected chi connectivity index (χ0v) is 12.5. The molecule has 1 N–H and O–H groups in total. The number of hydrogen-bond acceptors (Lipinski definition) is 2. The van der Waals surface area contributed by atoms with E-state index in [2.05, 4.69) is 47.0 Å². The van der Waals surface area contributed by atoms with Crippen LogP contribution >= 0.6 is 27.5 Å². The van der Waals surface area contributed by atoms with Crippen LogP contribution in [0.3, 0.4) is 0 Å². The van der Waals surface area contributed by atoms with Gasteiger partial charge in [-0.1, -0.05) is 32.4 Å². The molecule has 1 aromatic rings. The largest absolute Gasteiger partial charge is 0.352 e. The fraction of sp³-hybridized carbons (Fsp3) is 0.500. The van der Waals surface area contributed by atoms with E-state index in [9.17, 15) is 4.79 Å². The molecule has 0 aliphatic rings. The van der Waals surface area contributed by atoms with Crippen molar-refractivity contribution in [3.8, 4) is 0 Å². The van der Waals surface area contributed by atoms with Crippen LogP contribution in [0.2, 0.25) is 5.15 Å². The summed E-state index contributed by atoms with van der Waals surface area (Å²) in [6.07, 6.45) is 2.48. The number of carbonyl (C=O) groups is 1. The third-order valence-corrected chi connectivity index (χ3v) is 2.95. The minimum absolute atomic E-state index is 0.187. The highest BCUT2D eigenvalue weighted by Crippen LogP contribution is 2.19. The van der Waals surface area contributed by atoms with Gasteiger partial charge in [-0.05, 0) is 33.8 Å². The molecule has 1 heterocycles. The molecule has 0 fully saturated rings. The first-order valence-electron chi connectivity index (χ1n) is 5.39. The van der Waals surface area contributed by atoms with Crippen molar-refractivity contribution in [1.82, 2.24) is 10.3 Å². The van der Waals surface area contributed by atoms with E-state index in [0.29, 0.717) is 12.1 Å². The first-order valence-corrected chi connectivity index (χ1v) is 6.56. The summed E-state index contributed by atoms with van der Waals surface area (Å²) in [5.74, 6) is -0.187. The van der Waals surface area contributed by atoms with Crippen molar-refractivity contribution in [1.29, 1.82) is 0 Å². The lowest BCUT2D eigenvalue weighted by Gasteiger charge is -2.18. The van der Waals surface area contributed by atoms with E-state index in [4.69, 9.17) is 11.6 Å². The van der Waals surface area contributed by atoms with Crippen molar-refractivity contribution in [3.63, 3.8) is 0 Å². The minimum Gasteiger partial charge on any atom is -0.352 e. The van der Waals surface area contributed by atoms with Gasteiger partial charge >= 0.3 is 0 Å². The number of aromatic nitrogens is 1. The Morgan fingerprint density at radius 3 is 2.76 bits per heavy atom. The van der Waals surface area contributed by atoms with E-state index in [0.717, 1.165) is 10.9 Å². The number of hydrogen-bond donors (Lipinski definition) is 1. The zero-order valence-electron chi connectivity index (χ0n) is 10.2. The van der Waals surface area contributed by atoms with Crippen LogP contribution in [0, 0.1) is 5.41 Å². The lowest BCUT2D eigenvalue weighted by Crippen LogP contribution is -2.27. The number of nitrogens with one attached hydrogen (secondary N) is 1. The van der Waals surface area contributed by atoms with Crippen molar-refractivity contribution < 1.29 is 4.79 Å². The fourth-order valence-electron chi connectivity index (χ4n) is 1.23. The molecule has 0 aromatic carbocycles. The van der Waals surface area contributed by atoms with Crippen molar-refractivity contribution in [2.24, 2.45) is 5.41 Å². The van der Waals surface area contributed by atoms with Crippen molar-refractivity contribution in [3.05, 3.63) is 27.5 Å². The molecule has 3 nitrogen and oxygen atoms in total. The summed E-state index contributed by atoms with van der Waals surface area (Å²) < 4.78 is 0.739. The van der Waals surface area contributed by atoms with E-state index in [1.54, 1.807) is 12.3 Å². The number of nitrogens with zero attached hydrogens (tertiary/aromatic N) is 1. The maximum atomic E-state index is 11.8. The smallest absolute Gasteiger partial charge is 0.254 e. The highest BCUT2D eigenvalue weighted by atomic mass is 79.9. The molecule has 0 radical (unpaired) electrons. The lowest BCUT2D eigenvalue weighted by atomic mass is 9.92. The van der Waals surface area contributed by atoms with E-state index in [1.807, 2.05) is 0 Å². The molecule has 0 aliphatic heterocycles. The quantitative estimate of drug-likeness (QED) is 0.864. The minimum atomic E-state index is -0.187. The molecule has 5 heteroatoms. The predicted molar refractivity (Wildman–Crippen MR) is 73.4 cm³/mol. The Hall–Kier alpha value is -0.610. The SMILES string of the molecule is CC(C)(C)CCNC(=O)c1cc(Br)cnc1Cl. The molecule has 0 spiro atoms. The van der Waals surface area contributed by atoms with Gasteiger partial charge in [0.05, 0.1) is 5.56 Å². The average molecular weight is 320 g/mol. The molecule has 1 aromatic heterocycles. The molecule has 0 atom stereocenters. The van der Waals surface area contributed by atoms with Crippen molar-refractivity contribution in [2.45, 2.75) is 27.2 Å². The molecular formula is C12H16BrClN2O. The van der Waals surface area contributed by atoms with Crippen LogP contribution in [0.25, 0.3) is 0 Å². The highest BCUT2D eigenvalue weighted by molar-refractivity contribution is 9.10. The van der Waals surface area contributed by atoms with E-state index in [-0.39, 0.29) is 16.5 Å². The fourth-order valence-corrected chi connectivity index (χ4v) is 1.75. The van der Waals surface area contributed by atoms with Crippen LogP contribution in [0.1, 0.15) is 37.6 Å². The Balaban J connectivity index is 2.61. The molecule has 17 heavy (non-hydrogen) atoms. The number of halogens is 2. The Labute approximate surface area is 115 Å². The van der Waals surface area contributed by atoms with E-state index in [1.165, 1.54) is 0 Å². The summed E-state index contributed by atoms with van der Waals surface area (Å²) in [6, 6.07) is 1.67. The summed E-state index contributed by atoms with van der Waals surface area (Å²) >= 11 is 9.13. The standard InChI is InChI=1S/C12H16BrClN2O/c1-12(2,3)4-5-15-11(17)9-6-8(13)7-16-10(9)14/h6-7H,4-5H2,1-3H3,(H,15,17). The van der Waals surface area contributed by atoms with Crippen LogP contribution in [-0.2, 0) is 0 Å². The first kappa shape index (κ1) is 14.5. The van der Waals surface area contributed by atoms with Gasteiger partial charge in [-0.2, -0.15) is 0 Å². The molecule has 0 saturated carbocycles. The number of carbonyl (C=O) groups excluding carboxylic acids is 1. The number of amides is 1. The topological polar surface area (TPSA) is 42.0 Å². The average Bonchev–Trinajstić information content (AvgIpc) is 2.19. The maximum Gasteiger partial charge on any atom is 0.254 e. The monoisotopic (exact) mass is 318 g/mol. The molecule has 94 valence electrons. The summed E-state index contributed by atoms with van der Waals surface area (Å²) in [5, 5.41) is 3.06. The molecule has 0 saturated heterocycles. The van der Waals surface area contributed by atoms with Gasteiger partial charge in [0.2, 0.25) is 0 Å². The zero-order chi connectivity index (χ0) is 13.1. The van der Waals surface area contributed by atoms with Crippen LogP contribution in [0.4, 0.5) is 0 Å². The summed E-state index contributed by atoms with van der Waals surface area (Å²) in [5.41, 5.74) is 0.599. The number of rotatable bonds is 3. The van der Waals surface area contributed by atoms with E-state index < -0.39 is 0 Å². The molecular weight excluding hydrogens is 304 g/mol. The second-order valence-corrected chi connectivity index (χ2v) is 6.33. The molecule has 0 bridgehead atoms. The normalized spacial score (nSPS) is 11.4. The van der Waals surface area contributed by atoms with Gasteiger partial charge in [0.1, 0.15) is 5.15 Å². The maximum absolute atomic E-state index is 11.8. The third-order valence-electron chi connectivity index (χ3n) is 2.21. The second-order valence-electron chi connectivity index (χ2n) is 5.06. The van der Waals surface area contributed by atoms with Crippen LogP contribution in [0.5, 0.6) is 0 Å². The Kier molecular flexibility index (Phi) is 4.95. The molecule has 0 aliphatic carbocycles. The van der Waals surface area contributed by atoms with E-state index >= 15 is 0 Å². The van der Waals surface area contributed by atoms with Gasteiger partial charge in [0.25, 0.3) is 5.91 Å². The predicted octanol–water partition coefficient (Wildman–Crippen LogP) is 3.66. The second kappa shape index (κ2) is 5.83. The van der Waals surface area contributed by atoms with Crippen molar-refractivity contribution >= 4 is 33.4 Å². The Bertz CT molecular complexity index is 415. The summed E-state index contributed by atoms with van der Waals surface area (Å²) in [7, 11) is 0. The van der Waals surface area contributed by atoms with Crippen LogP contribution in [0.15, 0.2) is 16.7 Å². The summed E-state index contributed by atoms with van der Waals surface area (Å²) in [6.45, 7) is 7.03. The molecule has 1 amide bonds. The summed E-state index contributed by atoms with van der Waals surface area (Å²) in [4.78, 5) is 15.8. The molecule has 0 unspecified atom stereocenters. The third kappa shape index (κ3) is 5.04. The Morgan fingerprint density at radius 1 is 1.53 bits per heavy atom. The van der Waals surface area contributed by atoms with Gasteiger partial charge < -0.3 is 5.32 Å². The van der Waals surface area contributed by atoms with Crippen molar-refractivity contribution in [2.75, 3.05) is 6.54 Å². The van der Waals surface area contributed by atoms with Crippen LogP contribution < -0.4 is 5.32 Å². The van der Waals surface area contributed by atoms with Gasteiger partial charge in [-0.15, -0.1) is 0 Å². The molecule has 1 rings (SSSR count). The van der Waals surface area contributed by atoms with Crippen LogP contribution in [-0.4, -0.2) is 17.4 Å². The van der Waals surface area contributed by atoms with Gasteiger partial charge in [-0.3, -0.25) is 4.79 Å². The first-order chi connectivity index (χ1) is 7.79. The van der Waals surface area contributed by atoms with Gasteiger partial charge in [0.15, 0.2) is 0 Å². The van der Waals surface area contributed by atoms with Gasteiger partial charge in [0, 0.05) is 17.2 Å². The number of pyridine rings is 1. The lowest BCUT2D eigenvalue weighted by molar-refractivity contribution is 0.0949.